The van der Waals surface area contributed by atoms with E-state index in [-0.39, 0.29) is 5.91 Å². The first-order valence-electron chi connectivity index (χ1n) is 3.97. The molecule has 1 rings (SSSR count). The fourth-order valence-corrected chi connectivity index (χ4v) is 0.939. The monoisotopic (exact) mass is 166 g/mol. The Balaban J connectivity index is 2.37. The largest absolute Gasteiger partial charge is 0.364 e. The highest BCUT2D eigenvalue weighted by molar-refractivity contribution is 5.77. The van der Waals surface area contributed by atoms with E-state index in [0.29, 0.717) is 6.54 Å². The van der Waals surface area contributed by atoms with Gasteiger partial charge < -0.3 is 9.80 Å². The fourth-order valence-electron chi connectivity index (χ4n) is 0.939. The van der Waals surface area contributed by atoms with Gasteiger partial charge in [0.1, 0.15) is 0 Å². The van der Waals surface area contributed by atoms with Crippen LogP contribution < -0.4 is 0 Å². The predicted molar refractivity (Wildman–Crippen MR) is 48.5 cm³/mol. The van der Waals surface area contributed by atoms with E-state index in [1.54, 1.807) is 19.0 Å². The third kappa shape index (κ3) is 2.42. The fraction of sp³-hybridized carbons (Fsp3) is 0.444. The Hall–Kier alpha value is -1.25. The van der Waals surface area contributed by atoms with Crippen molar-refractivity contribution in [2.45, 2.75) is 0 Å². The highest BCUT2D eigenvalue weighted by Gasteiger charge is 2.08. The van der Waals surface area contributed by atoms with Crippen molar-refractivity contribution >= 4 is 5.91 Å². The summed E-state index contributed by atoms with van der Waals surface area (Å²) in [7, 11) is 3.54. The number of nitrogens with zero attached hydrogens (tertiary/aromatic N) is 2. The lowest BCUT2D eigenvalue weighted by molar-refractivity contribution is -0.129. The normalized spacial score (nSPS) is 15.0. The number of carbonyl (C=O) groups is 1. The second-order valence-electron chi connectivity index (χ2n) is 2.99. The Kier molecular flexibility index (Phi) is 2.91. The van der Waals surface area contributed by atoms with Crippen LogP contribution in [0.5, 0.6) is 0 Å². The summed E-state index contributed by atoms with van der Waals surface area (Å²) in [6, 6.07) is 0. The summed E-state index contributed by atoms with van der Waals surface area (Å²) in [6.07, 6.45) is 7.88. The van der Waals surface area contributed by atoms with Crippen LogP contribution in [0.4, 0.5) is 0 Å². The van der Waals surface area contributed by atoms with Crippen LogP contribution >= 0.6 is 0 Å². The number of carbonyl (C=O) groups excluding carboxylic acids is 1. The van der Waals surface area contributed by atoms with Crippen LogP contribution in [-0.4, -0.2) is 42.9 Å². The van der Waals surface area contributed by atoms with Gasteiger partial charge in [-0.2, -0.15) is 0 Å². The molecule has 12 heavy (non-hydrogen) atoms. The molecule has 0 saturated heterocycles. The Labute approximate surface area is 73.0 Å². The van der Waals surface area contributed by atoms with E-state index in [1.807, 2.05) is 29.3 Å². The zero-order valence-electron chi connectivity index (χ0n) is 7.53. The van der Waals surface area contributed by atoms with Crippen molar-refractivity contribution in [3.8, 4) is 0 Å². The Morgan fingerprint density at radius 2 is 2.25 bits per heavy atom. The smallest absolute Gasteiger partial charge is 0.241 e. The Morgan fingerprint density at radius 1 is 1.50 bits per heavy atom. The number of amides is 1. The van der Waals surface area contributed by atoms with Gasteiger partial charge in [0.05, 0.1) is 6.54 Å². The molecule has 0 aromatic carbocycles. The Bertz CT molecular complexity index is 219. The molecule has 0 unspecified atom stereocenters. The number of likely N-dealkylation sites (N-methyl/N-ethyl adjacent to an activating group) is 1. The molecule has 0 aliphatic carbocycles. The summed E-state index contributed by atoms with van der Waals surface area (Å²) in [5.41, 5.74) is 0. The Morgan fingerprint density at radius 3 is 2.75 bits per heavy atom. The molecule has 0 atom stereocenters. The minimum absolute atomic E-state index is 0.134. The molecule has 0 aromatic rings. The number of hydrogen-bond donors (Lipinski definition) is 0. The van der Waals surface area contributed by atoms with Gasteiger partial charge in [0.15, 0.2) is 0 Å². The number of rotatable bonds is 2. The van der Waals surface area contributed by atoms with E-state index in [4.69, 9.17) is 0 Å². The minimum atomic E-state index is 0.134. The number of hydrogen-bond acceptors (Lipinski definition) is 2. The average Bonchev–Trinajstić information content (AvgIpc) is 2.06. The lowest BCUT2D eigenvalue weighted by Crippen LogP contribution is -2.34. The predicted octanol–water partition coefficient (Wildman–Crippen LogP) is 0.460. The van der Waals surface area contributed by atoms with E-state index in [9.17, 15) is 4.79 Å². The molecule has 1 amide bonds. The molecule has 0 fully saturated rings. The van der Waals surface area contributed by atoms with Crippen LogP contribution in [0.3, 0.4) is 0 Å². The van der Waals surface area contributed by atoms with Crippen LogP contribution in [0.2, 0.25) is 0 Å². The van der Waals surface area contributed by atoms with Crippen molar-refractivity contribution in [3.05, 3.63) is 24.4 Å². The third-order valence-electron chi connectivity index (χ3n) is 1.72. The van der Waals surface area contributed by atoms with Crippen LogP contribution in [-0.2, 0) is 4.79 Å². The summed E-state index contributed by atoms with van der Waals surface area (Å²) >= 11 is 0. The molecule has 0 saturated carbocycles. The zero-order valence-corrected chi connectivity index (χ0v) is 7.53. The van der Waals surface area contributed by atoms with Crippen LogP contribution in [0.1, 0.15) is 0 Å². The standard InChI is InChI=1S/C9H14N2O/c1-10(2)9(12)8-11-6-4-3-5-7-11/h3-6H,7-8H2,1-2H3. The first-order chi connectivity index (χ1) is 5.70. The summed E-state index contributed by atoms with van der Waals surface area (Å²) in [5.74, 6) is 0.134. The van der Waals surface area contributed by atoms with Gasteiger partial charge in [-0.1, -0.05) is 12.2 Å². The first kappa shape index (κ1) is 8.84. The second-order valence-corrected chi connectivity index (χ2v) is 2.99. The maximum absolute atomic E-state index is 11.2. The molecule has 1 aliphatic rings. The van der Waals surface area contributed by atoms with E-state index < -0.39 is 0 Å². The molecule has 0 N–H and O–H groups in total. The van der Waals surface area contributed by atoms with Gasteiger partial charge in [-0.3, -0.25) is 4.79 Å². The van der Waals surface area contributed by atoms with Crippen molar-refractivity contribution in [1.29, 1.82) is 0 Å². The topological polar surface area (TPSA) is 23.6 Å². The van der Waals surface area contributed by atoms with E-state index in [0.717, 1.165) is 6.54 Å². The van der Waals surface area contributed by atoms with Crippen molar-refractivity contribution in [2.75, 3.05) is 27.2 Å². The van der Waals surface area contributed by atoms with Crippen molar-refractivity contribution in [3.63, 3.8) is 0 Å². The van der Waals surface area contributed by atoms with Gasteiger partial charge >= 0.3 is 0 Å². The minimum Gasteiger partial charge on any atom is -0.364 e. The van der Waals surface area contributed by atoms with Crippen molar-refractivity contribution in [2.24, 2.45) is 0 Å². The molecule has 1 heterocycles. The average molecular weight is 166 g/mol. The van der Waals surface area contributed by atoms with Gasteiger partial charge in [-0.05, 0) is 12.3 Å². The molecule has 3 nitrogen and oxygen atoms in total. The second kappa shape index (κ2) is 3.95. The molecule has 66 valence electrons. The van der Waals surface area contributed by atoms with Gasteiger partial charge in [0.25, 0.3) is 0 Å². The van der Waals surface area contributed by atoms with Crippen LogP contribution in [0.25, 0.3) is 0 Å². The van der Waals surface area contributed by atoms with Crippen LogP contribution in [0.15, 0.2) is 24.4 Å². The zero-order chi connectivity index (χ0) is 8.97. The summed E-state index contributed by atoms with van der Waals surface area (Å²) in [5, 5.41) is 0. The molecule has 1 aliphatic heterocycles. The molecule has 0 bridgehead atoms. The van der Waals surface area contributed by atoms with Gasteiger partial charge in [0.2, 0.25) is 5.91 Å². The summed E-state index contributed by atoms with van der Waals surface area (Å²) < 4.78 is 0. The maximum Gasteiger partial charge on any atom is 0.241 e. The maximum atomic E-state index is 11.2. The van der Waals surface area contributed by atoms with Gasteiger partial charge in [-0.15, -0.1) is 0 Å². The molecular weight excluding hydrogens is 152 g/mol. The molecule has 0 spiro atoms. The molecular formula is C9H14N2O. The van der Waals surface area contributed by atoms with Crippen molar-refractivity contribution < 1.29 is 4.79 Å². The van der Waals surface area contributed by atoms with Gasteiger partial charge in [-0.25, -0.2) is 0 Å². The molecule has 0 radical (unpaired) electrons. The summed E-state index contributed by atoms with van der Waals surface area (Å²) in [4.78, 5) is 14.8. The van der Waals surface area contributed by atoms with Crippen molar-refractivity contribution in [1.82, 2.24) is 9.80 Å². The summed E-state index contributed by atoms with van der Waals surface area (Å²) in [6.45, 7) is 1.30. The number of allylic oxidation sites excluding steroid dienone is 2. The highest BCUT2D eigenvalue weighted by atomic mass is 16.2. The molecule has 3 heteroatoms. The van der Waals surface area contributed by atoms with Gasteiger partial charge in [0, 0.05) is 20.6 Å². The first-order valence-corrected chi connectivity index (χ1v) is 3.97. The highest BCUT2D eigenvalue weighted by Crippen LogP contribution is 1.98. The lowest BCUT2D eigenvalue weighted by atomic mass is 10.3. The quantitative estimate of drug-likeness (QED) is 0.595. The molecule has 0 aromatic heterocycles. The van der Waals surface area contributed by atoms with Crippen LogP contribution in [0, 0.1) is 0 Å². The SMILES string of the molecule is CN(C)C(=O)CN1C=CC=CC1. The lowest BCUT2D eigenvalue weighted by Gasteiger charge is -2.21. The van der Waals surface area contributed by atoms with E-state index in [2.05, 4.69) is 0 Å². The third-order valence-corrected chi connectivity index (χ3v) is 1.72. The van der Waals surface area contributed by atoms with E-state index in [1.165, 1.54) is 0 Å². The van der Waals surface area contributed by atoms with E-state index >= 15 is 0 Å².